The lowest BCUT2D eigenvalue weighted by Gasteiger charge is -2.12. The first kappa shape index (κ1) is 84.8. The fraction of sp³-hybridized carbons (Fsp3) is 0. The highest BCUT2D eigenvalue weighted by molar-refractivity contribution is 6.18. The van der Waals surface area contributed by atoms with Gasteiger partial charge in [-0.3, -0.25) is 13.2 Å². The van der Waals surface area contributed by atoms with Crippen LogP contribution >= 0.6 is 0 Å². The number of para-hydroxylation sites is 6. The second-order valence-electron chi connectivity index (χ2n) is 37.9. The quantitative estimate of drug-likeness (QED) is 0.110. The molecule has 22 aromatic carbocycles. The molecule has 0 N–H and O–H groups in total. The third kappa shape index (κ3) is 14.3. The summed E-state index contributed by atoms with van der Waals surface area (Å²) < 4.78 is 25.6. The molecule has 0 aliphatic heterocycles. The van der Waals surface area contributed by atoms with Crippen LogP contribution in [0.3, 0.4) is 0 Å². The van der Waals surface area contributed by atoms with Gasteiger partial charge in [-0.25, -0.2) is 0 Å². The lowest BCUT2D eigenvalue weighted by molar-refractivity contribution is 0.669. The van der Waals surface area contributed by atoms with Gasteiger partial charge in [0.05, 0.1) is 16.6 Å². The van der Waals surface area contributed by atoms with E-state index in [-0.39, 0.29) is 0 Å². The Morgan fingerprint density at radius 3 is 0.743 bits per heavy atom. The predicted molar refractivity (Wildman–Crippen MR) is 609 cm³/mol. The summed E-state index contributed by atoms with van der Waals surface area (Å²) in [5.41, 5.74) is 35.0. The molecular formula is C136H83N9O3. The third-order valence-corrected chi connectivity index (χ3v) is 29.6. The van der Waals surface area contributed by atoms with Gasteiger partial charge in [-0.2, -0.15) is 0 Å². The van der Waals surface area contributed by atoms with E-state index in [1.54, 1.807) is 0 Å². The molecule has 9 aromatic heterocycles. The molecule has 0 atom stereocenters. The number of furan rings is 3. The zero-order chi connectivity index (χ0) is 97.4. The van der Waals surface area contributed by atoms with Crippen molar-refractivity contribution in [1.82, 2.24) is 43.8 Å². The second kappa shape index (κ2) is 35.0. The number of rotatable bonds is 12. The van der Waals surface area contributed by atoms with E-state index in [2.05, 4.69) is 480 Å². The maximum Gasteiger partial charge on any atom is 0.169 e. The average Bonchev–Trinajstić information content (AvgIpc) is 1.42. The number of hydrogen-bond donors (Lipinski definition) is 0. The van der Waals surface area contributed by atoms with E-state index >= 15 is 0 Å². The minimum absolute atomic E-state index is 0.812. The molecule has 12 heteroatoms. The molecule has 0 bridgehead atoms. The molecule has 31 rings (SSSR count). The summed E-state index contributed by atoms with van der Waals surface area (Å²) in [6.45, 7) is 0. The van der Waals surface area contributed by atoms with Gasteiger partial charge in [-0.1, -0.05) is 443 Å². The highest BCUT2D eigenvalue weighted by Gasteiger charge is 2.25. The molecule has 0 saturated heterocycles. The molecule has 148 heavy (non-hydrogen) atoms. The Morgan fingerprint density at radius 1 is 0.135 bits per heavy atom. The van der Waals surface area contributed by atoms with Crippen molar-refractivity contribution in [2.45, 2.75) is 0 Å². The van der Waals surface area contributed by atoms with Crippen molar-refractivity contribution in [2.75, 3.05) is 0 Å². The molecule has 0 aliphatic carbocycles. The summed E-state index contributed by atoms with van der Waals surface area (Å²) in [5, 5.41) is 48.0. The van der Waals surface area contributed by atoms with Gasteiger partial charge in [0.1, 0.15) is 33.5 Å². The molecule has 9 heterocycles. The number of fused-ring (bicyclic) bond motifs is 28. The van der Waals surface area contributed by atoms with E-state index in [1.165, 1.54) is 77.5 Å². The first-order chi connectivity index (χ1) is 73.4. The number of aromatic nitrogens is 9. The van der Waals surface area contributed by atoms with E-state index in [0.29, 0.717) is 0 Å². The van der Waals surface area contributed by atoms with Gasteiger partial charge in [-0.05, 0) is 171 Å². The van der Waals surface area contributed by atoms with Crippen molar-refractivity contribution in [1.29, 1.82) is 0 Å². The van der Waals surface area contributed by atoms with Gasteiger partial charge in [0.15, 0.2) is 34.4 Å². The van der Waals surface area contributed by atoms with Crippen LogP contribution in [0.1, 0.15) is 0 Å². The minimum Gasteiger partial charge on any atom is -0.455 e. The normalized spacial score (nSPS) is 11.8. The van der Waals surface area contributed by atoms with Gasteiger partial charge < -0.3 is 13.3 Å². The van der Waals surface area contributed by atoms with Crippen LogP contribution in [0.4, 0.5) is 0 Å². The lowest BCUT2D eigenvalue weighted by atomic mass is 9.95. The summed E-state index contributed by atoms with van der Waals surface area (Å²) in [5.74, 6) is 2.44. The molecular weight excluding hydrogens is 1810 g/mol. The highest BCUT2D eigenvalue weighted by atomic mass is 16.3. The zero-order valence-electron chi connectivity index (χ0n) is 79.7. The van der Waals surface area contributed by atoms with Crippen LogP contribution < -0.4 is 0 Å². The van der Waals surface area contributed by atoms with Crippen molar-refractivity contribution in [3.8, 4) is 134 Å². The summed E-state index contributed by atoms with van der Waals surface area (Å²) in [7, 11) is 0. The smallest absolute Gasteiger partial charge is 0.169 e. The highest BCUT2D eigenvalue weighted by Crippen LogP contribution is 2.46. The fourth-order valence-corrected chi connectivity index (χ4v) is 22.4. The van der Waals surface area contributed by atoms with Crippen LogP contribution in [0.25, 0.3) is 293 Å². The van der Waals surface area contributed by atoms with Gasteiger partial charge in [0.25, 0.3) is 0 Å². The first-order valence-electron chi connectivity index (χ1n) is 49.9. The molecule has 0 amide bonds. The molecule has 0 fully saturated rings. The third-order valence-electron chi connectivity index (χ3n) is 29.6. The maximum atomic E-state index is 6.34. The van der Waals surface area contributed by atoms with Crippen molar-refractivity contribution >= 4 is 159 Å². The van der Waals surface area contributed by atoms with Crippen LogP contribution in [-0.2, 0) is 0 Å². The summed E-state index contributed by atoms with van der Waals surface area (Å²) >= 11 is 0. The van der Waals surface area contributed by atoms with E-state index in [1.807, 2.05) is 36.4 Å². The SMILES string of the molecule is c1ccc(-c2ccc(-c3ccc4c(c3)c3ccccc3c3nnc(-c5ccc(-c6cccc7c6oc6ccccc67)cc5)n43)cc2)cc1.c1ccc(-c2cccc(-c3ccc4c(c3)c3ccccc3c3nnc(-c5ccc(-c6cccc7c6oc6ccccc67)cc5)n43)c2)cc1.c1ccc2c(-c3ccc(-c4ccc5c(c4)c4ccccc4c4nnc(-c6ccc(-c7cccc8c7oc7ccccc78)cc6)n54)cc3)cccc2c1. The Balaban J connectivity index is 0.000000105. The average molecular weight is 1890 g/mol. The Kier molecular flexibility index (Phi) is 20.0. The molecule has 31 aromatic rings. The van der Waals surface area contributed by atoms with Crippen molar-refractivity contribution < 1.29 is 13.3 Å². The molecule has 0 saturated carbocycles. The van der Waals surface area contributed by atoms with E-state index < -0.39 is 0 Å². The lowest BCUT2D eigenvalue weighted by Crippen LogP contribution is -1.95. The maximum absolute atomic E-state index is 6.34. The van der Waals surface area contributed by atoms with E-state index in [4.69, 9.17) is 43.8 Å². The summed E-state index contributed by atoms with van der Waals surface area (Å²) in [6, 6.07) is 178. The van der Waals surface area contributed by atoms with Crippen LogP contribution in [0.5, 0.6) is 0 Å². The molecule has 0 radical (unpaired) electrons. The number of pyridine rings is 3. The molecule has 0 unspecified atom stereocenters. The first-order valence-corrected chi connectivity index (χ1v) is 49.9. The summed E-state index contributed by atoms with van der Waals surface area (Å²) in [4.78, 5) is 0. The van der Waals surface area contributed by atoms with E-state index in [9.17, 15) is 0 Å². The Labute approximate surface area is 847 Å². The number of nitrogens with zero attached hydrogens (tertiary/aromatic N) is 9. The van der Waals surface area contributed by atoms with Crippen LogP contribution in [0.15, 0.2) is 517 Å². The van der Waals surface area contributed by atoms with Gasteiger partial charge in [-0.15, -0.1) is 30.6 Å². The minimum atomic E-state index is 0.812. The van der Waals surface area contributed by atoms with E-state index in [0.717, 1.165) is 215 Å². The van der Waals surface area contributed by atoms with Crippen molar-refractivity contribution in [3.05, 3.63) is 504 Å². The molecule has 0 aliphatic rings. The zero-order valence-corrected chi connectivity index (χ0v) is 79.7. The van der Waals surface area contributed by atoms with Crippen molar-refractivity contribution in [3.63, 3.8) is 0 Å². The number of hydrogen-bond acceptors (Lipinski definition) is 9. The Morgan fingerprint density at radius 2 is 0.365 bits per heavy atom. The van der Waals surface area contributed by atoms with Gasteiger partial charge in [0.2, 0.25) is 0 Å². The van der Waals surface area contributed by atoms with Crippen LogP contribution in [0.2, 0.25) is 0 Å². The Bertz CT molecular complexity index is 10700. The monoisotopic (exact) mass is 1890 g/mol. The fourth-order valence-electron chi connectivity index (χ4n) is 22.4. The largest absolute Gasteiger partial charge is 0.455 e. The standard InChI is InChI=1S/C48H29N3O.2C44H27N3O/c1-2-11-36-31(9-1)10-7-15-37(36)32-21-19-30(20-22-32)35-27-28-44-43(29-35)39-12-3-4-14-42(39)48-50-49-47(51(44)48)34-25-23-33(24-26-34)38-16-8-17-41-40-13-5-6-18-45(40)52-46(38)41;1-2-10-28(11-3-1)31-12-8-13-32(26-31)33-24-25-40-39(27-33)35-14-4-5-16-38(35)44-46-45-43(47(40)44)30-22-20-29(21-23-30)34-17-9-18-37-36-15-6-7-19-41(36)48-42(34)37;1-2-9-28(10-3-1)29-17-19-30(20-18-29)33-25-26-40-39(27-33)35-11-4-5-13-38(35)44-46-45-43(47(40)44)32-23-21-31(22-24-32)34-14-8-15-37-36-12-6-7-16-41(36)48-42(34)37/h1-29H;2*1-27H. The summed E-state index contributed by atoms with van der Waals surface area (Å²) in [6.07, 6.45) is 0. The Hall–Kier alpha value is -20.1. The van der Waals surface area contributed by atoms with Crippen molar-refractivity contribution in [2.24, 2.45) is 0 Å². The molecule has 12 nitrogen and oxygen atoms in total. The second-order valence-corrected chi connectivity index (χ2v) is 37.9. The van der Waals surface area contributed by atoms with Crippen LogP contribution in [-0.4, -0.2) is 43.8 Å². The molecule has 0 spiro atoms. The van der Waals surface area contributed by atoms with Gasteiger partial charge >= 0.3 is 0 Å². The van der Waals surface area contributed by atoms with Crippen LogP contribution in [0, 0.1) is 0 Å². The number of benzene rings is 22. The molecule has 690 valence electrons. The van der Waals surface area contributed by atoms with Gasteiger partial charge in [0, 0.05) is 98.0 Å². The topological polar surface area (TPSA) is 130 Å². The predicted octanol–water partition coefficient (Wildman–Crippen LogP) is 36.0.